The second-order valence-electron chi connectivity index (χ2n) is 3.92. The second-order valence-corrected chi connectivity index (χ2v) is 4.78. The topological polar surface area (TPSA) is 20.2 Å². The van der Waals surface area contributed by atoms with Gasteiger partial charge in [0.05, 0.1) is 10.6 Å². The summed E-state index contributed by atoms with van der Waals surface area (Å²) in [6, 6.07) is 2.13. The van der Waals surface area contributed by atoms with Crippen molar-refractivity contribution in [3.63, 3.8) is 0 Å². The summed E-state index contributed by atoms with van der Waals surface area (Å²) < 4.78 is 26.7. The summed E-state index contributed by atoms with van der Waals surface area (Å²) in [5.41, 5.74) is 0.0698. The van der Waals surface area contributed by atoms with Crippen LogP contribution < -0.4 is 0 Å². The molecule has 1 aromatic rings. The molecule has 1 aliphatic rings. The lowest BCUT2D eigenvalue weighted by atomic mass is 9.78. The van der Waals surface area contributed by atoms with Gasteiger partial charge >= 0.3 is 0 Å². The van der Waals surface area contributed by atoms with Crippen molar-refractivity contribution >= 4 is 15.9 Å². The van der Waals surface area contributed by atoms with Crippen molar-refractivity contribution in [2.45, 2.75) is 25.4 Å². The van der Waals surface area contributed by atoms with E-state index in [0.29, 0.717) is 0 Å². The van der Waals surface area contributed by atoms with Gasteiger partial charge in [-0.25, -0.2) is 8.78 Å². The van der Waals surface area contributed by atoms with Crippen LogP contribution in [-0.4, -0.2) is 5.11 Å². The quantitative estimate of drug-likeness (QED) is 0.819. The molecule has 1 atom stereocenters. The number of rotatable bonds is 2. The van der Waals surface area contributed by atoms with Crippen molar-refractivity contribution in [1.82, 2.24) is 0 Å². The lowest BCUT2D eigenvalue weighted by Crippen LogP contribution is -2.21. The van der Waals surface area contributed by atoms with Gasteiger partial charge in [0.1, 0.15) is 11.6 Å². The molecule has 2 rings (SSSR count). The number of aliphatic hydroxyl groups is 1. The Labute approximate surface area is 95.2 Å². The standard InChI is InChI=1S/C11H11BrF2O/c12-8-5-9(13)7(4-10(8)14)11(15)6-2-1-3-6/h4-6,11,15H,1-3H2. The van der Waals surface area contributed by atoms with Crippen LogP contribution in [-0.2, 0) is 0 Å². The smallest absolute Gasteiger partial charge is 0.137 e. The predicted octanol–water partition coefficient (Wildman–Crippen LogP) is 3.56. The van der Waals surface area contributed by atoms with Gasteiger partial charge in [-0.3, -0.25) is 0 Å². The molecule has 82 valence electrons. The van der Waals surface area contributed by atoms with Crippen molar-refractivity contribution in [3.8, 4) is 0 Å². The Hall–Kier alpha value is -0.480. The van der Waals surface area contributed by atoms with Gasteiger partial charge < -0.3 is 5.11 Å². The molecule has 0 bridgehead atoms. The maximum Gasteiger partial charge on any atom is 0.137 e. The van der Waals surface area contributed by atoms with Crippen LogP contribution in [0.15, 0.2) is 16.6 Å². The molecule has 0 radical (unpaired) electrons. The van der Waals surface area contributed by atoms with Gasteiger partial charge in [0, 0.05) is 5.56 Å². The van der Waals surface area contributed by atoms with E-state index in [1.165, 1.54) is 0 Å². The zero-order valence-corrected chi connectivity index (χ0v) is 9.60. The third kappa shape index (κ3) is 2.06. The average Bonchev–Trinajstić information content (AvgIpc) is 2.08. The molecule has 0 amide bonds. The van der Waals surface area contributed by atoms with Crippen LogP contribution in [0.4, 0.5) is 8.78 Å². The van der Waals surface area contributed by atoms with Gasteiger partial charge in [-0.1, -0.05) is 6.42 Å². The largest absolute Gasteiger partial charge is 0.388 e. The van der Waals surface area contributed by atoms with Crippen LogP contribution in [0.3, 0.4) is 0 Å². The average molecular weight is 277 g/mol. The molecule has 1 aromatic carbocycles. The van der Waals surface area contributed by atoms with E-state index in [1.54, 1.807) is 0 Å². The van der Waals surface area contributed by atoms with Gasteiger partial charge in [0.15, 0.2) is 0 Å². The molecule has 4 heteroatoms. The highest BCUT2D eigenvalue weighted by atomic mass is 79.9. The highest BCUT2D eigenvalue weighted by Crippen LogP contribution is 2.39. The van der Waals surface area contributed by atoms with E-state index in [4.69, 9.17) is 0 Å². The molecule has 1 nitrogen and oxygen atoms in total. The van der Waals surface area contributed by atoms with Crippen molar-refractivity contribution in [3.05, 3.63) is 33.8 Å². The third-order valence-corrected chi connectivity index (χ3v) is 3.56. The Morgan fingerprint density at radius 1 is 1.27 bits per heavy atom. The summed E-state index contributed by atoms with van der Waals surface area (Å²) in [5, 5.41) is 9.81. The van der Waals surface area contributed by atoms with Crippen molar-refractivity contribution in [2.24, 2.45) is 5.92 Å². The highest BCUT2D eigenvalue weighted by molar-refractivity contribution is 9.10. The Morgan fingerprint density at radius 3 is 2.47 bits per heavy atom. The maximum atomic E-state index is 13.4. The van der Waals surface area contributed by atoms with Crippen LogP contribution in [0.1, 0.15) is 30.9 Å². The van der Waals surface area contributed by atoms with E-state index in [9.17, 15) is 13.9 Å². The van der Waals surface area contributed by atoms with Crippen LogP contribution in [0.5, 0.6) is 0 Å². The lowest BCUT2D eigenvalue weighted by molar-refractivity contribution is 0.0589. The minimum atomic E-state index is -0.874. The number of hydrogen-bond donors (Lipinski definition) is 1. The molecule has 1 fully saturated rings. The first-order valence-corrected chi connectivity index (χ1v) is 5.71. The molecule has 0 aliphatic heterocycles. The Morgan fingerprint density at radius 2 is 1.93 bits per heavy atom. The van der Waals surface area contributed by atoms with Gasteiger partial charge in [-0.2, -0.15) is 0 Å². The molecular formula is C11H11BrF2O. The van der Waals surface area contributed by atoms with Gasteiger partial charge in [0.25, 0.3) is 0 Å². The molecule has 15 heavy (non-hydrogen) atoms. The normalized spacial score (nSPS) is 18.7. The van der Waals surface area contributed by atoms with Crippen LogP contribution in [0.2, 0.25) is 0 Å². The fourth-order valence-corrected chi connectivity index (χ4v) is 2.09. The molecule has 0 aromatic heterocycles. The van der Waals surface area contributed by atoms with Crippen LogP contribution >= 0.6 is 15.9 Å². The summed E-state index contributed by atoms with van der Waals surface area (Å²) in [6.45, 7) is 0. The Bertz CT molecular complexity index is 377. The van der Waals surface area contributed by atoms with E-state index >= 15 is 0 Å². The minimum absolute atomic E-state index is 0.0698. The minimum Gasteiger partial charge on any atom is -0.388 e. The Kier molecular flexibility index (Phi) is 3.07. The van der Waals surface area contributed by atoms with E-state index in [0.717, 1.165) is 31.4 Å². The summed E-state index contributed by atoms with van der Waals surface area (Å²) in [6.07, 6.45) is 1.96. The number of halogens is 3. The van der Waals surface area contributed by atoms with Crippen molar-refractivity contribution in [1.29, 1.82) is 0 Å². The zero-order chi connectivity index (χ0) is 11.0. The number of hydrogen-bond acceptors (Lipinski definition) is 1. The van der Waals surface area contributed by atoms with Crippen molar-refractivity contribution < 1.29 is 13.9 Å². The molecular weight excluding hydrogens is 266 g/mol. The summed E-state index contributed by atoms with van der Waals surface area (Å²) in [7, 11) is 0. The Balaban J connectivity index is 2.30. The number of benzene rings is 1. The van der Waals surface area contributed by atoms with Gasteiger partial charge in [0.2, 0.25) is 0 Å². The fraction of sp³-hybridized carbons (Fsp3) is 0.455. The van der Waals surface area contributed by atoms with E-state index in [1.807, 2.05) is 0 Å². The highest BCUT2D eigenvalue weighted by Gasteiger charge is 2.29. The molecule has 0 spiro atoms. The molecule has 1 N–H and O–H groups in total. The maximum absolute atomic E-state index is 13.4. The fourth-order valence-electron chi connectivity index (χ4n) is 1.77. The first kappa shape index (κ1) is 11.0. The third-order valence-electron chi connectivity index (χ3n) is 2.95. The van der Waals surface area contributed by atoms with E-state index < -0.39 is 17.7 Å². The molecule has 0 heterocycles. The second kappa shape index (κ2) is 4.18. The summed E-state index contributed by atoms with van der Waals surface area (Å²) in [5.74, 6) is -1.01. The summed E-state index contributed by atoms with van der Waals surface area (Å²) in [4.78, 5) is 0. The van der Waals surface area contributed by atoms with Crippen LogP contribution in [0.25, 0.3) is 0 Å². The van der Waals surface area contributed by atoms with Crippen molar-refractivity contribution in [2.75, 3.05) is 0 Å². The zero-order valence-electron chi connectivity index (χ0n) is 8.01. The monoisotopic (exact) mass is 276 g/mol. The van der Waals surface area contributed by atoms with Gasteiger partial charge in [-0.05, 0) is 46.8 Å². The SMILES string of the molecule is OC(c1cc(F)c(Br)cc1F)C1CCC1. The summed E-state index contributed by atoms with van der Waals surface area (Å²) >= 11 is 2.90. The molecule has 1 aliphatic carbocycles. The molecule has 1 unspecified atom stereocenters. The molecule has 0 saturated heterocycles. The van der Waals surface area contributed by atoms with E-state index in [2.05, 4.69) is 15.9 Å². The van der Waals surface area contributed by atoms with E-state index in [-0.39, 0.29) is 16.0 Å². The van der Waals surface area contributed by atoms with Gasteiger partial charge in [-0.15, -0.1) is 0 Å². The first-order valence-electron chi connectivity index (χ1n) is 4.92. The van der Waals surface area contributed by atoms with Crippen LogP contribution in [0, 0.1) is 17.6 Å². The lowest BCUT2D eigenvalue weighted by Gasteiger charge is -2.30. The number of aliphatic hydroxyl groups excluding tert-OH is 1. The molecule has 1 saturated carbocycles. The first-order chi connectivity index (χ1) is 7.09. The predicted molar refractivity (Wildman–Crippen MR) is 56.4 cm³/mol.